The molecule has 1 aliphatic rings. The molecule has 2 atom stereocenters. The molecule has 0 radical (unpaired) electrons. The Bertz CT molecular complexity index is 433. The molecular formula is C14H20N2O3. The SMILES string of the molecule is CCN(Cc1ccc(C)nc1)C1COCC1C(=O)O. The molecular weight excluding hydrogens is 244 g/mol. The number of rotatable bonds is 5. The maximum absolute atomic E-state index is 11.2. The van der Waals surface area contributed by atoms with Crippen molar-refractivity contribution in [3.05, 3.63) is 29.6 Å². The van der Waals surface area contributed by atoms with Gasteiger partial charge >= 0.3 is 5.97 Å². The van der Waals surface area contributed by atoms with Crippen LogP contribution in [0.5, 0.6) is 0 Å². The summed E-state index contributed by atoms with van der Waals surface area (Å²) >= 11 is 0. The number of carboxylic acid groups (broad SMARTS) is 1. The standard InChI is InChI=1S/C14H20N2O3/c1-3-16(7-11-5-4-10(2)15-6-11)13-9-19-8-12(13)14(17)18/h4-6,12-13H,3,7-9H2,1-2H3,(H,17,18). The molecule has 2 rings (SSSR count). The van der Waals surface area contributed by atoms with Crippen LogP contribution < -0.4 is 0 Å². The molecule has 0 amide bonds. The van der Waals surface area contributed by atoms with E-state index >= 15 is 0 Å². The molecule has 1 fully saturated rings. The van der Waals surface area contributed by atoms with Crippen LogP contribution in [0.15, 0.2) is 18.3 Å². The van der Waals surface area contributed by atoms with Crippen molar-refractivity contribution < 1.29 is 14.6 Å². The Kier molecular flexibility index (Phi) is 4.50. The minimum absolute atomic E-state index is 0.0520. The molecule has 0 aliphatic carbocycles. The highest BCUT2D eigenvalue weighted by molar-refractivity contribution is 5.71. The maximum atomic E-state index is 11.2. The summed E-state index contributed by atoms with van der Waals surface area (Å²) < 4.78 is 5.33. The van der Waals surface area contributed by atoms with Gasteiger partial charge in [-0.3, -0.25) is 14.7 Å². The number of carbonyl (C=O) groups is 1. The monoisotopic (exact) mass is 264 g/mol. The molecule has 1 aliphatic heterocycles. The zero-order valence-corrected chi connectivity index (χ0v) is 11.4. The van der Waals surface area contributed by atoms with Crippen molar-refractivity contribution in [2.45, 2.75) is 26.4 Å². The molecule has 19 heavy (non-hydrogen) atoms. The van der Waals surface area contributed by atoms with Crippen LogP contribution in [0, 0.1) is 12.8 Å². The minimum Gasteiger partial charge on any atom is -0.481 e. The van der Waals surface area contributed by atoms with E-state index in [-0.39, 0.29) is 6.04 Å². The van der Waals surface area contributed by atoms with Crippen molar-refractivity contribution in [3.8, 4) is 0 Å². The number of pyridine rings is 1. The summed E-state index contributed by atoms with van der Waals surface area (Å²) in [5.41, 5.74) is 2.09. The number of aryl methyl sites for hydroxylation is 1. The van der Waals surface area contributed by atoms with Gasteiger partial charge in [0.2, 0.25) is 0 Å². The first-order valence-electron chi connectivity index (χ1n) is 6.58. The van der Waals surface area contributed by atoms with Gasteiger partial charge in [0.15, 0.2) is 0 Å². The van der Waals surface area contributed by atoms with Crippen LogP contribution >= 0.6 is 0 Å². The highest BCUT2D eigenvalue weighted by Crippen LogP contribution is 2.21. The average Bonchev–Trinajstić information content (AvgIpc) is 2.87. The summed E-state index contributed by atoms with van der Waals surface area (Å²) in [4.78, 5) is 17.6. The van der Waals surface area contributed by atoms with E-state index in [1.165, 1.54) is 0 Å². The van der Waals surface area contributed by atoms with Gasteiger partial charge in [-0.25, -0.2) is 0 Å². The number of aromatic nitrogens is 1. The van der Waals surface area contributed by atoms with Gasteiger partial charge in [-0.2, -0.15) is 0 Å². The van der Waals surface area contributed by atoms with E-state index < -0.39 is 11.9 Å². The number of aliphatic carboxylic acids is 1. The fourth-order valence-corrected chi connectivity index (χ4v) is 2.43. The second-order valence-corrected chi connectivity index (χ2v) is 4.92. The van der Waals surface area contributed by atoms with Crippen LogP contribution in [0.2, 0.25) is 0 Å². The molecule has 0 aromatic carbocycles. The molecule has 0 saturated carbocycles. The molecule has 5 heteroatoms. The number of likely N-dealkylation sites (N-methyl/N-ethyl adjacent to an activating group) is 1. The molecule has 1 N–H and O–H groups in total. The van der Waals surface area contributed by atoms with E-state index in [4.69, 9.17) is 4.74 Å². The van der Waals surface area contributed by atoms with Crippen LogP contribution in [0.3, 0.4) is 0 Å². The normalized spacial score (nSPS) is 22.9. The van der Waals surface area contributed by atoms with Crippen LogP contribution in [-0.2, 0) is 16.1 Å². The largest absolute Gasteiger partial charge is 0.481 e. The van der Waals surface area contributed by atoms with E-state index in [9.17, 15) is 9.90 Å². The topological polar surface area (TPSA) is 62.7 Å². The quantitative estimate of drug-likeness (QED) is 0.869. The van der Waals surface area contributed by atoms with E-state index in [0.29, 0.717) is 19.8 Å². The van der Waals surface area contributed by atoms with Crippen molar-refractivity contribution in [3.63, 3.8) is 0 Å². The summed E-state index contributed by atoms with van der Waals surface area (Å²) in [5, 5.41) is 9.21. The molecule has 2 heterocycles. The number of ether oxygens (including phenoxy) is 1. The molecule has 0 bridgehead atoms. The molecule has 5 nitrogen and oxygen atoms in total. The van der Waals surface area contributed by atoms with Crippen LogP contribution in [0.1, 0.15) is 18.2 Å². The summed E-state index contributed by atoms with van der Waals surface area (Å²) in [5.74, 6) is -1.21. The van der Waals surface area contributed by atoms with Gasteiger partial charge in [-0.1, -0.05) is 13.0 Å². The van der Waals surface area contributed by atoms with Crippen molar-refractivity contribution in [1.29, 1.82) is 0 Å². The molecule has 1 aromatic heterocycles. The first-order chi connectivity index (χ1) is 9.11. The number of hydrogen-bond acceptors (Lipinski definition) is 4. The molecule has 104 valence electrons. The lowest BCUT2D eigenvalue weighted by Gasteiger charge is -2.29. The summed E-state index contributed by atoms with van der Waals surface area (Å²) in [6.45, 7) is 6.30. The van der Waals surface area contributed by atoms with Gasteiger partial charge in [0.1, 0.15) is 0 Å². The average molecular weight is 264 g/mol. The minimum atomic E-state index is -0.775. The van der Waals surface area contributed by atoms with Gasteiger partial charge in [0.05, 0.1) is 19.1 Å². The third-order valence-corrected chi connectivity index (χ3v) is 3.60. The molecule has 1 aromatic rings. The third-order valence-electron chi connectivity index (χ3n) is 3.60. The third kappa shape index (κ3) is 3.30. The lowest BCUT2D eigenvalue weighted by atomic mass is 10.0. The predicted molar refractivity (Wildman–Crippen MR) is 70.8 cm³/mol. The van der Waals surface area contributed by atoms with Crippen LogP contribution in [-0.4, -0.2) is 46.8 Å². The molecule has 0 spiro atoms. The molecule has 2 unspecified atom stereocenters. The number of hydrogen-bond donors (Lipinski definition) is 1. The first kappa shape index (κ1) is 14.0. The highest BCUT2D eigenvalue weighted by Gasteiger charge is 2.37. The van der Waals surface area contributed by atoms with Crippen LogP contribution in [0.25, 0.3) is 0 Å². The fourth-order valence-electron chi connectivity index (χ4n) is 2.43. The fraction of sp³-hybridized carbons (Fsp3) is 0.571. The van der Waals surface area contributed by atoms with Gasteiger partial charge < -0.3 is 9.84 Å². The van der Waals surface area contributed by atoms with Crippen molar-refractivity contribution in [2.24, 2.45) is 5.92 Å². The van der Waals surface area contributed by atoms with Gasteiger partial charge in [-0.05, 0) is 25.1 Å². The zero-order chi connectivity index (χ0) is 13.8. The number of carboxylic acids is 1. The summed E-state index contributed by atoms with van der Waals surface area (Å²) in [6.07, 6.45) is 1.85. The van der Waals surface area contributed by atoms with Gasteiger partial charge in [0, 0.05) is 24.5 Å². The van der Waals surface area contributed by atoms with Gasteiger partial charge in [-0.15, -0.1) is 0 Å². The Morgan fingerprint density at radius 3 is 2.89 bits per heavy atom. The lowest BCUT2D eigenvalue weighted by Crippen LogP contribution is -2.42. The molecule has 1 saturated heterocycles. The lowest BCUT2D eigenvalue weighted by molar-refractivity contribution is -0.143. The van der Waals surface area contributed by atoms with E-state index in [2.05, 4.69) is 9.88 Å². The predicted octanol–water partition coefficient (Wildman–Crippen LogP) is 1.31. The Balaban J connectivity index is 2.07. The number of nitrogens with zero attached hydrogens (tertiary/aromatic N) is 2. The second-order valence-electron chi connectivity index (χ2n) is 4.92. The smallest absolute Gasteiger partial charge is 0.310 e. The van der Waals surface area contributed by atoms with Crippen LogP contribution in [0.4, 0.5) is 0 Å². The Morgan fingerprint density at radius 1 is 1.53 bits per heavy atom. The van der Waals surface area contributed by atoms with Crippen molar-refractivity contribution in [2.75, 3.05) is 19.8 Å². The van der Waals surface area contributed by atoms with Crippen molar-refractivity contribution >= 4 is 5.97 Å². The van der Waals surface area contributed by atoms with Crippen molar-refractivity contribution in [1.82, 2.24) is 9.88 Å². The zero-order valence-electron chi connectivity index (χ0n) is 11.4. The summed E-state index contributed by atoms with van der Waals surface area (Å²) in [7, 11) is 0. The summed E-state index contributed by atoms with van der Waals surface area (Å²) in [6, 6.07) is 3.96. The Morgan fingerprint density at radius 2 is 2.32 bits per heavy atom. The Hall–Kier alpha value is -1.46. The first-order valence-corrected chi connectivity index (χ1v) is 6.58. The van der Waals surface area contributed by atoms with Gasteiger partial charge in [0.25, 0.3) is 0 Å². The van der Waals surface area contributed by atoms with E-state index in [1.807, 2.05) is 32.2 Å². The second kappa shape index (κ2) is 6.12. The maximum Gasteiger partial charge on any atom is 0.310 e. The van der Waals surface area contributed by atoms with E-state index in [0.717, 1.165) is 17.8 Å². The Labute approximate surface area is 113 Å². The highest BCUT2D eigenvalue weighted by atomic mass is 16.5. The van der Waals surface area contributed by atoms with E-state index in [1.54, 1.807) is 0 Å².